The summed E-state index contributed by atoms with van der Waals surface area (Å²) >= 11 is 0. The van der Waals surface area contributed by atoms with Crippen molar-refractivity contribution in [2.75, 3.05) is 5.32 Å². The van der Waals surface area contributed by atoms with Gasteiger partial charge in [-0.3, -0.25) is 9.59 Å². The fourth-order valence-corrected chi connectivity index (χ4v) is 5.47. The fourth-order valence-electron chi connectivity index (χ4n) is 3.37. The monoisotopic (exact) mass is 457 g/mol. The van der Waals surface area contributed by atoms with E-state index in [4.69, 9.17) is 0 Å². The van der Waals surface area contributed by atoms with Crippen LogP contribution in [0.15, 0.2) is 48.5 Å². The molecule has 168 valence electrons. The Labute approximate surface area is 191 Å². The van der Waals surface area contributed by atoms with Crippen LogP contribution in [0, 0.1) is 0 Å². The molecule has 2 atom stereocenters. The average molecular weight is 458 g/mol. The van der Waals surface area contributed by atoms with Crippen LogP contribution in [0.25, 0.3) is 0 Å². The molecule has 2 unspecified atom stereocenters. The lowest BCUT2D eigenvalue weighted by Gasteiger charge is -2.15. The Bertz CT molecular complexity index is 755. The minimum absolute atomic E-state index is 0.323. The lowest BCUT2D eigenvalue weighted by Crippen LogP contribution is -1.99. The van der Waals surface area contributed by atoms with Crippen molar-refractivity contribution in [3.63, 3.8) is 0 Å². The maximum atomic E-state index is 12.2. The first-order valence-corrected chi connectivity index (χ1v) is 14.0. The van der Waals surface area contributed by atoms with E-state index in [0.29, 0.717) is 41.1 Å². The highest BCUT2D eigenvalue weighted by Gasteiger charge is 2.10. The predicted octanol–water partition coefficient (Wildman–Crippen LogP) is 8.00. The van der Waals surface area contributed by atoms with Crippen molar-refractivity contribution in [2.45, 2.75) is 77.5 Å². The molecule has 2 rings (SSSR count). The van der Waals surface area contributed by atoms with Gasteiger partial charge in [-0.15, -0.1) is 0 Å². The topological polar surface area (TPSA) is 46.2 Å². The highest BCUT2D eigenvalue weighted by atomic mass is 31.1. The molecule has 0 radical (unpaired) electrons. The van der Waals surface area contributed by atoms with Crippen LogP contribution in [0.3, 0.4) is 0 Å². The zero-order valence-electron chi connectivity index (χ0n) is 19.0. The largest absolute Gasteiger partial charge is 0.355 e. The number of hydrogen-bond acceptors (Lipinski definition) is 3. The Balaban J connectivity index is 1.97. The van der Waals surface area contributed by atoms with Crippen LogP contribution >= 0.6 is 17.2 Å². The number of benzene rings is 2. The molecule has 0 amide bonds. The first-order chi connectivity index (χ1) is 15.1. The number of hydrogen-bond donors (Lipinski definition) is 1. The summed E-state index contributed by atoms with van der Waals surface area (Å²) in [7, 11) is 0.646. The summed E-state index contributed by atoms with van der Waals surface area (Å²) in [5, 5.41) is 3.58. The van der Waals surface area contributed by atoms with Gasteiger partial charge in [0, 0.05) is 24.2 Å². The molecule has 0 heterocycles. The number of nitrogens with one attached hydrogen (secondary N) is 1. The summed E-state index contributed by atoms with van der Waals surface area (Å²) in [5.74, 6) is 0. The summed E-state index contributed by atoms with van der Waals surface area (Å²) in [4.78, 5) is 24.4. The molecular weight excluding hydrogens is 420 g/mol. The van der Waals surface area contributed by atoms with Crippen molar-refractivity contribution in [1.82, 2.24) is 0 Å². The second kappa shape index (κ2) is 15.3. The van der Waals surface area contributed by atoms with Crippen molar-refractivity contribution < 1.29 is 9.59 Å². The van der Waals surface area contributed by atoms with Gasteiger partial charge in [0.25, 0.3) is 0 Å². The van der Waals surface area contributed by atoms with Crippen LogP contribution in [-0.4, -0.2) is 11.0 Å². The molecule has 1 N–H and O–H groups in total. The number of carbonyl (C=O) groups is 2. The normalized spacial score (nSPS) is 11.5. The molecule has 0 aliphatic carbocycles. The van der Waals surface area contributed by atoms with E-state index in [1.165, 1.54) is 11.1 Å². The molecule has 2 aromatic carbocycles. The van der Waals surface area contributed by atoms with Gasteiger partial charge in [0.2, 0.25) is 0 Å². The molecule has 0 bridgehead atoms. The van der Waals surface area contributed by atoms with Crippen molar-refractivity contribution in [1.29, 1.82) is 0 Å². The van der Waals surface area contributed by atoms with Crippen LogP contribution in [0.5, 0.6) is 0 Å². The molecule has 0 saturated heterocycles. The Morgan fingerprint density at radius 3 is 1.52 bits per heavy atom. The van der Waals surface area contributed by atoms with E-state index in [1.54, 1.807) is 0 Å². The van der Waals surface area contributed by atoms with Gasteiger partial charge in [-0.25, -0.2) is 0 Å². The third-order valence-electron chi connectivity index (χ3n) is 5.27. The van der Waals surface area contributed by atoms with Gasteiger partial charge in [0.05, 0.1) is 0 Å². The minimum atomic E-state index is 0.323. The van der Waals surface area contributed by atoms with E-state index in [1.807, 2.05) is 24.3 Å². The first-order valence-electron chi connectivity index (χ1n) is 11.6. The zero-order chi connectivity index (χ0) is 22.3. The van der Waals surface area contributed by atoms with Crippen LogP contribution in [0.2, 0.25) is 0 Å². The van der Waals surface area contributed by atoms with E-state index in [-0.39, 0.29) is 0 Å². The SMILES string of the molecule is CCCCCC(=O)PCc1ccccc1Nc1ccccc1CPC(=O)CCCCC. The minimum Gasteiger partial charge on any atom is -0.355 e. The van der Waals surface area contributed by atoms with Gasteiger partial charge in [-0.05, 0) is 65.6 Å². The maximum Gasteiger partial charge on any atom is 0.151 e. The van der Waals surface area contributed by atoms with E-state index >= 15 is 0 Å². The quantitative estimate of drug-likeness (QED) is 0.205. The number of rotatable bonds is 16. The van der Waals surface area contributed by atoms with Crippen molar-refractivity contribution in [3.05, 3.63) is 59.7 Å². The summed E-state index contributed by atoms with van der Waals surface area (Å²) < 4.78 is 0. The molecular formula is C26H37NO2P2. The Kier molecular flexibility index (Phi) is 12.7. The highest BCUT2D eigenvalue weighted by Crippen LogP contribution is 2.32. The molecule has 0 fully saturated rings. The molecule has 5 heteroatoms. The zero-order valence-corrected chi connectivity index (χ0v) is 21.0. The van der Waals surface area contributed by atoms with Gasteiger partial charge < -0.3 is 5.32 Å². The number of anilines is 2. The summed E-state index contributed by atoms with van der Waals surface area (Å²) in [5.41, 5.74) is 5.23. The molecule has 0 saturated carbocycles. The lowest BCUT2D eigenvalue weighted by atomic mass is 10.1. The Morgan fingerprint density at radius 1 is 0.677 bits per heavy atom. The van der Waals surface area contributed by atoms with Crippen LogP contribution in [0.1, 0.15) is 76.3 Å². The smallest absolute Gasteiger partial charge is 0.151 e. The van der Waals surface area contributed by atoms with E-state index in [2.05, 4.69) is 43.4 Å². The molecule has 0 aliphatic heterocycles. The third kappa shape index (κ3) is 10.1. The fraction of sp³-hybridized carbons (Fsp3) is 0.462. The van der Waals surface area contributed by atoms with Gasteiger partial charge in [0.1, 0.15) is 0 Å². The van der Waals surface area contributed by atoms with Gasteiger partial charge in [-0.2, -0.15) is 0 Å². The van der Waals surface area contributed by atoms with Crippen molar-refractivity contribution in [3.8, 4) is 0 Å². The van der Waals surface area contributed by atoms with Gasteiger partial charge >= 0.3 is 0 Å². The second-order valence-electron chi connectivity index (χ2n) is 7.91. The number of unbranched alkanes of at least 4 members (excludes halogenated alkanes) is 4. The maximum absolute atomic E-state index is 12.2. The van der Waals surface area contributed by atoms with Crippen LogP contribution in [-0.2, 0) is 21.9 Å². The van der Waals surface area contributed by atoms with Gasteiger partial charge in [-0.1, -0.05) is 75.9 Å². The van der Waals surface area contributed by atoms with Crippen LogP contribution < -0.4 is 5.32 Å². The van der Waals surface area contributed by atoms with E-state index in [9.17, 15) is 9.59 Å². The highest BCUT2D eigenvalue weighted by molar-refractivity contribution is 7.57. The first kappa shape index (κ1) is 25.7. The van der Waals surface area contributed by atoms with Crippen molar-refractivity contribution in [2.24, 2.45) is 0 Å². The number of carbonyl (C=O) groups excluding carboxylic acids is 2. The van der Waals surface area contributed by atoms with E-state index in [0.717, 1.165) is 62.2 Å². The van der Waals surface area contributed by atoms with E-state index < -0.39 is 0 Å². The van der Waals surface area contributed by atoms with Gasteiger partial charge in [0.15, 0.2) is 11.0 Å². The molecule has 31 heavy (non-hydrogen) atoms. The number of para-hydroxylation sites is 2. The lowest BCUT2D eigenvalue weighted by molar-refractivity contribution is -0.112. The summed E-state index contributed by atoms with van der Waals surface area (Å²) in [6, 6.07) is 16.5. The average Bonchev–Trinajstić information content (AvgIpc) is 2.78. The Hall–Kier alpha value is -1.56. The summed E-state index contributed by atoms with van der Waals surface area (Å²) in [6.45, 7) is 4.32. The third-order valence-corrected chi connectivity index (χ3v) is 7.67. The standard InChI is InChI=1S/C26H37NO2P2/c1-3-5-7-17-25(28)30-19-21-13-9-11-15-23(21)27-24-16-12-10-14-22(24)20-31-26(29)18-8-6-4-2/h9-16,27,30-31H,3-8,17-20H2,1-2H3. The summed E-state index contributed by atoms with van der Waals surface area (Å²) in [6.07, 6.45) is 9.56. The second-order valence-corrected chi connectivity index (χ2v) is 10.4. The molecule has 3 nitrogen and oxygen atoms in total. The molecule has 0 aliphatic rings. The molecule has 0 aromatic heterocycles. The molecule has 0 spiro atoms. The van der Waals surface area contributed by atoms with Crippen molar-refractivity contribution >= 4 is 39.6 Å². The Morgan fingerprint density at radius 2 is 1.10 bits per heavy atom. The molecule has 2 aromatic rings. The van der Waals surface area contributed by atoms with Crippen LogP contribution in [0.4, 0.5) is 11.4 Å². The predicted molar refractivity (Wildman–Crippen MR) is 139 cm³/mol.